The Morgan fingerprint density at radius 1 is 1.03 bits per heavy atom. The lowest BCUT2D eigenvalue weighted by Gasteiger charge is -2.10. The number of allylic oxidation sites excluding steroid dienone is 1. The van der Waals surface area contributed by atoms with E-state index in [1.807, 2.05) is 6.07 Å². The quantitative estimate of drug-likeness (QED) is 0.148. The van der Waals surface area contributed by atoms with Crippen molar-refractivity contribution in [2.45, 2.75) is 4.90 Å². The van der Waals surface area contributed by atoms with Crippen LogP contribution in [0.5, 0.6) is 5.75 Å². The molecule has 0 aliphatic carbocycles. The summed E-state index contributed by atoms with van der Waals surface area (Å²) in [4.78, 5) is 22.2. The summed E-state index contributed by atoms with van der Waals surface area (Å²) in [6.07, 6.45) is 1.34. The van der Waals surface area contributed by atoms with Gasteiger partial charge in [-0.1, -0.05) is 59.9 Å². The second-order valence-electron chi connectivity index (χ2n) is 7.20. The SMILES string of the molecule is N#C/C(=C\c1ccccc1OS(=O)(=O)c1ccccc1[N+](=O)[O-])c1nnc(NC(=O)c2ccccc2)s1. The zero-order valence-electron chi connectivity index (χ0n) is 18.6. The standard InChI is InChI=1S/C24H15N5O6S2/c25-15-18(23-27-28-24(36-23)26-22(30)16-8-2-1-3-9-16)14-17-10-4-6-12-20(17)35-37(33,34)21-13-7-5-11-19(21)29(31)32/h1-14H,(H,26,28,30)/b18-14+. The lowest BCUT2D eigenvalue weighted by Crippen LogP contribution is -2.12. The highest BCUT2D eigenvalue weighted by Gasteiger charge is 2.28. The summed E-state index contributed by atoms with van der Waals surface area (Å²) in [6, 6.07) is 21.2. The van der Waals surface area contributed by atoms with Crippen molar-refractivity contribution in [2.75, 3.05) is 5.32 Å². The van der Waals surface area contributed by atoms with E-state index in [-0.39, 0.29) is 27.0 Å². The molecule has 3 aromatic carbocycles. The van der Waals surface area contributed by atoms with E-state index < -0.39 is 31.5 Å². The van der Waals surface area contributed by atoms with E-state index in [0.29, 0.717) is 5.56 Å². The molecule has 0 spiro atoms. The number of nitrogens with zero attached hydrogens (tertiary/aromatic N) is 4. The molecule has 4 rings (SSSR count). The van der Waals surface area contributed by atoms with Gasteiger partial charge in [-0.05, 0) is 30.3 Å². The van der Waals surface area contributed by atoms with Gasteiger partial charge in [-0.2, -0.15) is 13.7 Å². The zero-order chi connectivity index (χ0) is 26.4. The molecule has 1 heterocycles. The second-order valence-corrected chi connectivity index (χ2v) is 9.69. The average Bonchev–Trinajstić information content (AvgIpc) is 3.36. The van der Waals surface area contributed by atoms with Crippen LogP contribution in [0.3, 0.4) is 0 Å². The van der Waals surface area contributed by atoms with E-state index >= 15 is 0 Å². The molecule has 11 nitrogen and oxygen atoms in total. The lowest BCUT2D eigenvalue weighted by molar-refractivity contribution is -0.387. The number of carbonyl (C=O) groups excluding carboxylic acids is 1. The molecule has 0 radical (unpaired) electrons. The number of nitro groups is 1. The summed E-state index contributed by atoms with van der Waals surface area (Å²) in [7, 11) is -4.58. The number of amides is 1. The van der Waals surface area contributed by atoms with Crippen molar-refractivity contribution in [1.82, 2.24) is 10.2 Å². The van der Waals surface area contributed by atoms with Gasteiger partial charge in [0.25, 0.3) is 11.6 Å². The van der Waals surface area contributed by atoms with Crippen LogP contribution in [-0.2, 0) is 10.1 Å². The number of benzene rings is 3. The number of hydrogen-bond acceptors (Lipinski definition) is 10. The predicted octanol–water partition coefficient (Wildman–Crippen LogP) is 4.53. The Balaban J connectivity index is 1.61. The summed E-state index contributed by atoms with van der Waals surface area (Å²) < 4.78 is 30.9. The van der Waals surface area contributed by atoms with Gasteiger partial charge in [-0.25, -0.2) is 0 Å². The molecule has 0 aliphatic rings. The molecule has 1 N–H and O–H groups in total. The van der Waals surface area contributed by atoms with E-state index in [0.717, 1.165) is 23.5 Å². The molecule has 0 saturated heterocycles. The fourth-order valence-electron chi connectivity index (χ4n) is 3.10. The fraction of sp³-hybridized carbons (Fsp3) is 0. The summed E-state index contributed by atoms with van der Waals surface area (Å²) in [5, 5.41) is 31.8. The van der Waals surface area contributed by atoms with E-state index in [2.05, 4.69) is 15.5 Å². The fourth-order valence-corrected chi connectivity index (χ4v) is 4.92. The summed E-state index contributed by atoms with van der Waals surface area (Å²) in [5.41, 5.74) is 0.0107. The number of rotatable bonds is 8. The number of nitro benzene ring substituents is 1. The molecule has 0 atom stereocenters. The average molecular weight is 534 g/mol. The Morgan fingerprint density at radius 2 is 1.70 bits per heavy atom. The molecule has 13 heteroatoms. The number of aromatic nitrogens is 2. The van der Waals surface area contributed by atoms with Crippen molar-refractivity contribution < 1.29 is 22.3 Å². The van der Waals surface area contributed by atoms with Gasteiger partial charge in [0.2, 0.25) is 5.13 Å². The van der Waals surface area contributed by atoms with E-state index in [9.17, 15) is 28.6 Å². The van der Waals surface area contributed by atoms with Gasteiger partial charge in [0, 0.05) is 17.2 Å². The number of nitriles is 1. The minimum atomic E-state index is -4.58. The van der Waals surface area contributed by atoms with Crippen LogP contribution in [0.4, 0.5) is 10.8 Å². The Bertz CT molecular complexity index is 1660. The van der Waals surface area contributed by atoms with Crippen molar-refractivity contribution in [3.05, 3.63) is 105 Å². The molecule has 0 unspecified atom stereocenters. The maximum atomic E-state index is 12.9. The first-order chi connectivity index (χ1) is 17.8. The zero-order valence-corrected chi connectivity index (χ0v) is 20.3. The maximum Gasteiger partial charge on any atom is 0.346 e. The first-order valence-corrected chi connectivity index (χ1v) is 12.6. The Kier molecular flexibility index (Phi) is 7.33. The molecule has 1 amide bonds. The van der Waals surface area contributed by atoms with Crippen molar-refractivity contribution >= 4 is 49.8 Å². The molecular formula is C24H15N5O6S2. The Morgan fingerprint density at radius 3 is 2.43 bits per heavy atom. The molecule has 184 valence electrons. The van der Waals surface area contributed by atoms with Crippen LogP contribution >= 0.6 is 11.3 Å². The van der Waals surface area contributed by atoms with Crippen LogP contribution in [0.1, 0.15) is 20.9 Å². The number of anilines is 1. The first kappa shape index (κ1) is 25.2. The van der Waals surface area contributed by atoms with Gasteiger partial charge in [0.15, 0.2) is 9.90 Å². The molecule has 0 saturated carbocycles. The molecule has 37 heavy (non-hydrogen) atoms. The van der Waals surface area contributed by atoms with Crippen LogP contribution in [0.25, 0.3) is 11.6 Å². The molecule has 0 bridgehead atoms. The molecular weight excluding hydrogens is 518 g/mol. The monoisotopic (exact) mass is 533 g/mol. The van der Waals surface area contributed by atoms with Crippen molar-refractivity contribution in [1.29, 1.82) is 5.26 Å². The van der Waals surface area contributed by atoms with Crippen LogP contribution in [0.2, 0.25) is 0 Å². The van der Waals surface area contributed by atoms with E-state index in [4.69, 9.17) is 4.18 Å². The van der Waals surface area contributed by atoms with Crippen molar-refractivity contribution in [3.63, 3.8) is 0 Å². The normalized spacial score (nSPS) is 11.4. The van der Waals surface area contributed by atoms with Gasteiger partial charge in [0.1, 0.15) is 11.8 Å². The van der Waals surface area contributed by atoms with Crippen molar-refractivity contribution in [3.8, 4) is 11.8 Å². The van der Waals surface area contributed by atoms with Gasteiger partial charge in [-0.15, -0.1) is 10.2 Å². The number of para-hydroxylation sites is 2. The number of nitrogens with one attached hydrogen (secondary N) is 1. The summed E-state index contributed by atoms with van der Waals surface area (Å²) >= 11 is 0.950. The number of hydrogen-bond donors (Lipinski definition) is 1. The summed E-state index contributed by atoms with van der Waals surface area (Å²) in [5.74, 6) is -0.555. The van der Waals surface area contributed by atoms with Crippen molar-refractivity contribution in [2.24, 2.45) is 0 Å². The highest BCUT2D eigenvalue weighted by molar-refractivity contribution is 7.87. The van der Waals surface area contributed by atoms with Crippen LogP contribution in [0, 0.1) is 21.4 Å². The minimum absolute atomic E-state index is 0.0249. The smallest absolute Gasteiger partial charge is 0.346 e. The predicted molar refractivity (Wildman–Crippen MR) is 135 cm³/mol. The van der Waals surface area contributed by atoms with Gasteiger partial charge >= 0.3 is 10.1 Å². The topological polar surface area (TPSA) is 165 Å². The minimum Gasteiger partial charge on any atom is -0.378 e. The number of carbonyl (C=O) groups is 1. The second kappa shape index (κ2) is 10.8. The first-order valence-electron chi connectivity index (χ1n) is 10.4. The van der Waals surface area contributed by atoms with Gasteiger partial charge in [-0.3, -0.25) is 20.2 Å². The van der Waals surface area contributed by atoms with Crippen LogP contribution in [0.15, 0.2) is 83.8 Å². The summed E-state index contributed by atoms with van der Waals surface area (Å²) in [6.45, 7) is 0. The third-order valence-electron chi connectivity index (χ3n) is 4.78. The third-order valence-corrected chi connectivity index (χ3v) is 6.94. The Labute approximate surface area is 214 Å². The van der Waals surface area contributed by atoms with E-state index in [1.54, 1.807) is 36.4 Å². The lowest BCUT2D eigenvalue weighted by atomic mass is 10.1. The highest BCUT2D eigenvalue weighted by Crippen LogP contribution is 2.31. The largest absolute Gasteiger partial charge is 0.378 e. The van der Waals surface area contributed by atoms with E-state index in [1.165, 1.54) is 36.4 Å². The van der Waals surface area contributed by atoms with Gasteiger partial charge < -0.3 is 4.18 Å². The molecule has 1 aromatic heterocycles. The highest BCUT2D eigenvalue weighted by atomic mass is 32.2. The van der Waals surface area contributed by atoms with Gasteiger partial charge in [0.05, 0.1) is 10.5 Å². The molecule has 4 aromatic rings. The molecule has 0 fully saturated rings. The molecule has 0 aliphatic heterocycles. The third kappa shape index (κ3) is 5.84. The van der Waals surface area contributed by atoms with Crippen LogP contribution in [-0.4, -0.2) is 29.4 Å². The Hall–Kier alpha value is -4.93. The maximum absolute atomic E-state index is 12.9. The van der Waals surface area contributed by atoms with Crippen LogP contribution < -0.4 is 9.50 Å².